The van der Waals surface area contributed by atoms with Crippen molar-refractivity contribution in [1.82, 2.24) is 6.15 Å². The average Bonchev–Trinajstić information content (AvgIpc) is 0.592. The molecule has 0 bridgehead atoms. The smallest absolute Gasteiger partial charge is 0.369 e. The van der Waals surface area contributed by atoms with Gasteiger partial charge < -0.3 is 6.15 Å². The van der Waals surface area contributed by atoms with Gasteiger partial charge in [-0.3, -0.25) is 0 Å². The van der Waals surface area contributed by atoms with E-state index < -0.39 is 14.7 Å². The van der Waals surface area contributed by atoms with Crippen LogP contribution in [0.15, 0.2) is 0 Å². The maximum absolute atomic E-state index is 11.1. The van der Waals surface area contributed by atoms with Gasteiger partial charge in [0.05, 0.1) is 0 Å². The van der Waals surface area contributed by atoms with E-state index in [9.17, 15) is 20.4 Å². The molecular weight excluding hydrogens is 179 g/mol. The van der Waals surface area contributed by atoms with E-state index >= 15 is 0 Å². The first-order valence-corrected chi connectivity index (χ1v) is 4.18. The molecule has 0 amide bonds. The van der Waals surface area contributed by atoms with Crippen LogP contribution in [-0.4, -0.2) is 0 Å². The molecule has 0 spiro atoms. The van der Waals surface area contributed by atoms with Gasteiger partial charge >= 0.3 is 35.1 Å². The molecular formula is H4F6NV. The van der Waals surface area contributed by atoms with Crippen molar-refractivity contribution in [2.75, 3.05) is 0 Å². The zero-order valence-electron chi connectivity index (χ0n) is 3.72. The molecule has 0 atom stereocenters. The topological polar surface area (TPSA) is 36.5 Å². The Labute approximate surface area is 42.2 Å². The Kier molecular flexibility index (Phi) is 1.61. The quantitative estimate of drug-likeness (QED) is 0.560. The van der Waals surface area contributed by atoms with Gasteiger partial charge in [0.2, 0.25) is 0 Å². The van der Waals surface area contributed by atoms with Crippen LogP contribution in [0.4, 0.5) is 20.4 Å². The van der Waals surface area contributed by atoms with Gasteiger partial charge in [-0.2, -0.15) is 0 Å². The van der Waals surface area contributed by atoms with E-state index in [-0.39, 0.29) is 6.15 Å². The van der Waals surface area contributed by atoms with Crippen molar-refractivity contribution in [3.63, 3.8) is 0 Å². The molecule has 8 heavy (non-hydrogen) atoms. The Morgan fingerprint density at radius 1 is 0.625 bits per heavy atom. The van der Waals surface area contributed by atoms with Gasteiger partial charge in [0.25, 0.3) is 0 Å². The first-order valence-electron chi connectivity index (χ1n) is 1.01. The third-order valence-corrected chi connectivity index (χ3v) is 0. The van der Waals surface area contributed by atoms with Gasteiger partial charge in [0.15, 0.2) is 0 Å². The Balaban J connectivity index is 0. The number of halogens is 6. The molecule has 8 heteroatoms. The summed E-state index contributed by atoms with van der Waals surface area (Å²) in [6, 6.07) is 0. The van der Waals surface area contributed by atoms with Crippen molar-refractivity contribution in [3.05, 3.63) is 0 Å². The number of hydrogen-bond donors (Lipinski definition) is 1. The summed E-state index contributed by atoms with van der Waals surface area (Å²) in [5, 5.41) is 0. The van der Waals surface area contributed by atoms with Crippen LogP contribution in [0.2, 0.25) is 0 Å². The van der Waals surface area contributed by atoms with E-state index in [1.165, 1.54) is 0 Å². The molecule has 4 N–H and O–H groups in total. The zero-order valence-corrected chi connectivity index (χ0v) is 5.11. The summed E-state index contributed by atoms with van der Waals surface area (Å²) >= 11 is -11.1. The fourth-order valence-corrected chi connectivity index (χ4v) is 0. The van der Waals surface area contributed by atoms with Crippen molar-refractivity contribution in [2.45, 2.75) is 0 Å². The van der Waals surface area contributed by atoms with Crippen LogP contribution in [0, 0.1) is 0 Å². The van der Waals surface area contributed by atoms with Gasteiger partial charge in [-0.1, -0.05) is 0 Å². The van der Waals surface area contributed by atoms with E-state index in [1.807, 2.05) is 0 Å². The second-order valence-corrected chi connectivity index (χ2v) is 3.95. The summed E-state index contributed by atoms with van der Waals surface area (Å²) in [7, 11) is 0. The molecule has 0 saturated heterocycles. The molecule has 0 rings (SSSR count). The summed E-state index contributed by atoms with van der Waals surface area (Å²) in [6.07, 6.45) is 0. The van der Waals surface area contributed by atoms with Crippen LogP contribution in [0.25, 0.3) is 0 Å². The maximum atomic E-state index is 9.91. The van der Waals surface area contributed by atoms with E-state index in [4.69, 9.17) is 0 Å². The minimum Gasteiger partial charge on any atom is -0.369 e. The Hall–Kier alpha value is 0.124. The first kappa shape index (κ1) is 11.0. The minimum atomic E-state index is -11.1. The predicted octanol–water partition coefficient (Wildman–Crippen LogP) is 2.89. The van der Waals surface area contributed by atoms with Gasteiger partial charge in [-0.05, 0) is 0 Å². The molecule has 1 nitrogen and oxygen atoms in total. The van der Waals surface area contributed by atoms with Crippen molar-refractivity contribution in [3.8, 4) is 0 Å². The molecule has 0 fully saturated rings. The maximum Gasteiger partial charge on any atom is -0.369 e. The molecule has 56 valence electrons. The largest absolute Gasteiger partial charge is 0.369 e. The summed E-state index contributed by atoms with van der Waals surface area (Å²) in [4.78, 5) is 0. The monoisotopic (exact) mass is 183 g/mol. The molecule has 0 aliphatic heterocycles. The first-order chi connectivity index (χ1) is 2.45. The zero-order chi connectivity index (χ0) is 6.41. The van der Waals surface area contributed by atoms with Crippen LogP contribution in [0.5, 0.6) is 0 Å². The van der Waals surface area contributed by atoms with Crippen LogP contribution < -0.4 is 6.15 Å². The second-order valence-electron chi connectivity index (χ2n) is 0.958. The standard InChI is InChI=1S/6FH.H3N.V/h6*1H;1H3;/q;;;;;;;+5/p-5. The van der Waals surface area contributed by atoms with Crippen LogP contribution in [0.3, 0.4) is 0 Å². The predicted molar refractivity (Wildman–Crippen MR) is 12.6 cm³/mol. The van der Waals surface area contributed by atoms with Gasteiger partial charge in [0.1, 0.15) is 0 Å². The third-order valence-electron chi connectivity index (χ3n) is 0. The molecule has 0 aliphatic rings. The summed E-state index contributed by atoms with van der Waals surface area (Å²) in [5.74, 6) is 0. The Morgan fingerprint density at radius 2 is 0.625 bits per heavy atom. The van der Waals surface area contributed by atoms with Crippen LogP contribution >= 0.6 is 0 Å². The average molecular weight is 183 g/mol. The fraction of sp³-hybridized carbons (Fsp3) is 0. The van der Waals surface area contributed by atoms with Crippen molar-refractivity contribution >= 4 is 0 Å². The normalized spacial score (nSPS) is 20.2. The van der Waals surface area contributed by atoms with E-state index in [0.717, 1.165) is 0 Å². The van der Waals surface area contributed by atoms with Gasteiger partial charge in [0, 0.05) is 0 Å². The molecule has 0 radical (unpaired) electrons. The molecule has 0 aliphatic carbocycles. The van der Waals surface area contributed by atoms with Crippen molar-refractivity contribution in [1.29, 1.82) is 0 Å². The fourth-order valence-electron chi connectivity index (χ4n) is 0. The van der Waals surface area contributed by atoms with Crippen LogP contribution in [0.1, 0.15) is 0 Å². The van der Waals surface area contributed by atoms with E-state index in [0.29, 0.717) is 0 Å². The van der Waals surface area contributed by atoms with E-state index in [2.05, 4.69) is 0 Å². The van der Waals surface area contributed by atoms with Crippen molar-refractivity contribution in [2.24, 2.45) is 0 Å². The Bertz CT molecular complexity index is 67.1. The van der Waals surface area contributed by atoms with Gasteiger partial charge in [-0.15, -0.1) is 0 Å². The number of quaternary nitrogens is 1. The van der Waals surface area contributed by atoms with Gasteiger partial charge in [-0.25, -0.2) is 0 Å². The molecule has 0 heterocycles. The Morgan fingerprint density at radius 3 is 0.625 bits per heavy atom. The number of hydrogen-bond acceptors (Lipinski definition) is 0. The summed E-state index contributed by atoms with van der Waals surface area (Å²) in [6.45, 7) is 0. The SMILES string of the molecule is [F][V-]([F])([F])([F])([F])[F].[NH4+]. The molecule has 0 aromatic rings. The molecule has 0 saturated carbocycles. The van der Waals surface area contributed by atoms with Crippen molar-refractivity contribution < 1.29 is 35.1 Å². The van der Waals surface area contributed by atoms with E-state index in [1.54, 1.807) is 0 Å². The third kappa shape index (κ3) is 10400. The summed E-state index contributed by atoms with van der Waals surface area (Å²) < 4.78 is 59.4. The second kappa shape index (κ2) is 1.17. The number of rotatable bonds is 0. The molecule has 0 aromatic carbocycles. The summed E-state index contributed by atoms with van der Waals surface area (Å²) in [5.41, 5.74) is 0. The minimum absolute atomic E-state index is 0. The molecule has 0 aromatic heterocycles. The molecule has 0 unspecified atom stereocenters. The van der Waals surface area contributed by atoms with Crippen LogP contribution in [-0.2, 0) is 14.7 Å².